The summed E-state index contributed by atoms with van der Waals surface area (Å²) in [5, 5.41) is 4.76. The number of pyridine rings is 1. The van der Waals surface area contributed by atoms with E-state index < -0.39 is 0 Å². The standard InChI is InChI=1S/C15H23N3S/c1-3-7-16-11-13-12-18(9-10-19-4-2)15-14(13)6-5-8-17-15/h5-6,8,12,16H,3-4,7,9-11H2,1-2H3. The summed E-state index contributed by atoms with van der Waals surface area (Å²) < 4.78 is 2.29. The number of hydrogen-bond acceptors (Lipinski definition) is 3. The third-order valence-electron chi connectivity index (χ3n) is 3.14. The van der Waals surface area contributed by atoms with E-state index in [1.807, 2.05) is 24.0 Å². The van der Waals surface area contributed by atoms with E-state index in [4.69, 9.17) is 0 Å². The predicted octanol–water partition coefficient (Wildman–Crippen LogP) is 3.29. The van der Waals surface area contributed by atoms with Gasteiger partial charge in [-0.15, -0.1) is 0 Å². The highest BCUT2D eigenvalue weighted by Crippen LogP contribution is 2.19. The summed E-state index contributed by atoms with van der Waals surface area (Å²) in [6.45, 7) is 7.44. The number of nitrogens with zero attached hydrogens (tertiary/aromatic N) is 2. The second-order valence-electron chi connectivity index (χ2n) is 4.60. The molecule has 0 saturated heterocycles. The molecule has 4 heteroatoms. The smallest absolute Gasteiger partial charge is 0.140 e. The Morgan fingerprint density at radius 3 is 3.05 bits per heavy atom. The van der Waals surface area contributed by atoms with Gasteiger partial charge in [0.15, 0.2) is 0 Å². The van der Waals surface area contributed by atoms with Crippen LogP contribution in [0.4, 0.5) is 0 Å². The molecule has 104 valence electrons. The lowest BCUT2D eigenvalue weighted by Gasteiger charge is -2.03. The molecule has 2 rings (SSSR count). The first kappa shape index (κ1) is 14.4. The monoisotopic (exact) mass is 277 g/mol. The lowest BCUT2D eigenvalue weighted by Crippen LogP contribution is -2.13. The fourth-order valence-corrected chi connectivity index (χ4v) is 2.83. The van der Waals surface area contributed by atoms with Crippen molar-refractivity contribution < 1.29 is 0 Å². The largest absolute Gasteiger partial charge is 0.331 e. The van der Waals surface area contributed by atoms with Crippen LogP contribution in [0, 0.1) is 0 Å². The summed E-state index contributed by atoms with van der Waals surface area (Å²) in [5.41, 5.74) is 2.48. The quantitative estimate of drug-likeness (QED) is 0.751. The molecule has 2 aromatic heterocycles. The van der Waals surface area contributed by atoms with Crippen molar-refractivity contribution in [2.45, 2.75) is 33.4 Å². The summed E-state index contributed by atoms with van der Waals surface area (Å²) in [6, 6.07) is 4.20. The highest BCUT2D eigenvalue weighted by Gasteiger charge is 2.08. The van der Waals surface area contributed by atoms with Gasteiger partial charge in [0.25, 0.3) is 0 Å². The van der Waals surface area contributed by atoms with Crippen LogP contribution in [-0.2, 0) is 13.1 Å². The minimum atomic E-state index is 0.934. The SMILES string of the molecule is CCCNCc1cn(CCSCC)c2ncccc12. The molecule has 0 radical (unpaired) electrons. The maximum absolute atomic E-state index is 4.53. The second-order valence-corrected chi connectivity index (χ2v) is 5.99. The van der Waals surface area contributed by atoms with Crippen molar-refractivity contribution in [1.29, 1.82) is 0 Å². The van der Waals surface area contributed by atoms with Crippen LogP contribution in [-0.4, -0.2) is 27.6 Å². The van der Waals surface area contributed by atoms with Gasteiger partial charge in [0.05, 0.1) is 0 Å². The van der Waals surface area contributed by atoms with E-state index in [9.17, 15) is 0 Å². The molecule has 2 aromatic rings. The normalized spacial score (nSPS) is 11.3. The molecule has 0 unspecified atom stereocenters. The van der Waals surface area contributed by atoms with Gasteiger partial charge in [-0.25, -0.2) is 4.98 Å². The number of rotatable bonds is 8. The Kier molecular flexibility index (Phi) is 5.73. The summed E-state index contributed by atoms with van der Waals surface area (Å²) in [5.74, 6) is 2.33. The molecule has 0 atom stereocenters. The molecular weight excluding hydrogens is 254 g/mol. The van der Waals surface area contributed by atoms with Gasteiger partial charge in [-0.05, 0) is 36.4 Å². The molecule has 0 fully saturated rings. The van der Waals surface area contributed by atoms with Crippen LogP contribution in [0.25, 0.3) is 11.0 Å². The maximum Gasteiger partial charge on any atom is 0.140 e. The van der Waals surface area contributed by atoms with E-state index >= 15 is 0 Å². The van der Waals surface area contributed by atoms with Crippen molar-refractivity contribution >= 4 is 22.8 Å². The van der Waals surface area contributed by atoms with E-state index in [2.05, 4.69) is 41.0 Å². The van der Waals surface area contributed by atoms with Gasteiger partial charge >= 0.3 is 0 Å². The van der Waals surface area contributed by atoms with Crippen molar-refractivity contribution in [3.05, 3.63) is 30.1 Å². The Labute approximate surface area is 119 Å². The van der Waals surface area contributed by atoms with Gasteiger partial charge < -0.3 is 9.88 Å². The summed E-state index contributed by atoms with van der Waals surface area (Å²) in [6.07, 6.45) is 5.32. The first-order valence-corrected chi connectivity index (χ1v) is 8.23. The van der Waals surface area contributed by atoms with Crippen LogP contribution in [0.5, 0.6) is 0 Å². The fraction of sp³-hybridized carbons (Fsp3) is 0.533. The molecule has 2 heterocycles. The van der Waals surface area contributed by atoms with E-state index in [-0.39, 0.29) is 0 Å². The number of thioether (sulfide) groups is 1. The Bertz CT molecular complexity index is 463. The Balaban J connectivity index is 2.16. The molecule has 0 saturated carbocycles. The number of aryl methyl sites for hydroxylation is 1. The van der Waals surface area contributed by atoms with Crippen LogP contribution in [0.3, 0.4) is 0 Å². The average Bonchev–Trinajstić information content (AvgIpc) is 2.79. The van der Waals surface area contributed by atoms with E-state index in [1.54, 1.807) is 0 Å². The number of fused-ring (bicyclic) bond motifs is 1. The Morgan fingerprint density at radius 1 is 1.37 bits per heavy atom. The summed E-state index contributed by atoms with van der Waals surface area (Å²) >= 11 is 1.98. The van der Waals surface area contributed by atoms with E-state index in [0.717, 1.165) is 31.0 Å². The third-order valence-corrected chi connectivity index (χ3v) is 4.02. The third kappa shape index (κ3) is 3.74. The predicted molar refractivity (Wildman–Crippen MR) is 84.7 cm³/mol. The van der Waals surface area contributed by atoms with Crippen molar-refractivity contribution in [2.24, 2.45) is 0 Å². The van der Waals surface area contributed by atoms with Crippen LogP contribution < -0.4 is 5.32 Å². The zero-order valence-corrected chi connectivity index (χ0v) is 12.7. The van der Waals surface area contributed by atoms with Crippen LogP contribution >= 0.6 is 11.8 Å². The van der Waals surface area contributed by atoms with Crippen molar-refractivity contribution in [3.8, 4) is 0 Å². The maximum atomic E-state index is 4.53. The van der Waals surface area contributed by atoms with Gasteiger partial charge in [-0.2, -0.15) is 11.8 Å². The van der Waals surface area contributed by atoms with Gasteiger partial charge in [-0.3, -0.25) is 0 Å². The van der Waals surface area contributed by atoms with Crippen molar-refractivity contribution in [2.75, 3.05) is 18.1 Å². The van der Waals surface area contributed by atoms with Gasteiger partial charge in [0, 0.05) is 36.6 Å². The van der Waals surface area contributed by atoms with Gasteiger partial charge in [0.1, 0.15) is 5.65 Å². The molecule has 0 spiro atoms. The van der Waals surface area contributed by atoms with Crippen LogP contribution in [0.2, 0.25) is 0 Å². The summed E-state index contributed by atoms with van der Waals surface area (Å²) in [4.78, 5) is 4.53. The molecule has 0 aliphatic carbocycles. The minimum Gasteiger partial charge on any atom is -0.331 e. The molecule has 0 aliphatic rings. The summed E-state index contributed by atoms with van der Waals surface area (Å²) in [7, 11) is 0. The van der Waals surface area contributed by atoms with E-state index in [1.165, 1.54) is 23.1 Å². The van der Waals surface area contributed by atoms with Gasteiger partial charge in [0.2, 0.25) is 0 Å². The number of nitrogens with one attached hydrogen (secondary N) is 1. The topological polar surface area (TPSA) is 29.9 Å². The molecule has 3 nitrogen and oxygen atoms in total. The Hall–Kier alpha value is -1.00. The molecular formula is C15H23N3S. The van der Waals surface area contributed by atoms with Crippen molar-refractivity contribution in [3.63, 3.8) is 0 Å². The fourth-order valence-electron chi connectivity index (χ4n) is 2.21. The molecule has 0 amide bonds. The highest BCUT2D eigenvalue weighted by molar-refractivity contribution is 7.99. The Morgan fingerprint density at radius 2 is 2.26 bits per heavy atom. The highest BCUT2D eigenvalue weighted by atomic mass is 32.2. The van der Waals surface area contributed by atoms with Gasteiger partial charge in [-0.1, -0.05) is 13.8 Å². The number of aromatic nitrogens is 2. The first-order chi connectivity index (χ1) is 9.36. The zero-order valence-electron chi connectivity index (χ0n) is 11.9. The lowest BCUT2D eigenvalue weighted by atomic mass is 10.2. The first-order valence-electron chi connectivity index (χ1n) is 7.08. The minimum absolute atomic E-state index is 0.934. The average molecular weight is 277 g/mol. The zero-order chi connectivity index (χ0) is 13.5. The molecule has 19 heavy (non-hydrogen) atoms. The molecule has 0 bridgehead atoms. The van der Waals surface area contributed by atoms with Crippen LogP contribution in [0.15, 0.2) is 24.5 Å². The molecule has 0 aliphatic heterocycles. The van der Waals surface area contributed by atoms with Crippen molar-refractivity contribution in [1.82, 2.24) is 14.9 Å². The molecule has 0 aromatic carbocycles. The lowest BCUT2D eigenvalue weighted by molar-refractivity contribution is 0.674. The van der Waals surface area contributed by atoms with E-state index in [0.29, 0.717) is 0 Å². The van der Waals surface area contributed by atoms with Crippen LogP contribution in [0.1, 0.15) is 25.8 Å². The second kappa shape index (κ2) is 7.56. The number of hydrogen-bond donors (Lipinski definition) is 1. The molecule has 1 N–H and O–H groups in total.